The SMILES string of the molecule is O=c1[nH]c2ccccc2c2[n+]1C[C@H](C[NH+]1CC[NH+](Cc3ccccc3)CC1)N2. The second kappa shape index (κ2) is 7.37. The lowest BCUT2D eigenvalue weighted by atomic mass is 10.2. The zero-order valence-electron chi connectivity index (χ0n) is 16.1. The lowest BCUT2D eigenvalue weighted by Crippen LogP contribution is -3.28. The van der Waals surface area contributed by atoms with Crippen molar-refractivity contribution in [1.82, 2.24) is 4.98 Å². The molecule has 1 fully saturated rings. The minimum Gasteiger partial charge on any atom is -0.323 e. The highest BCUT2D eigenvalue weighted by atomic mass is 16.1. The summed E-state index contributed by atoms with van der Waals surface area (Å²) in [6.45, 7) is 7.74. The van der Waals surface area contributed by atoms with Crippen molar-refractivity contribution in [2.24, 2.45) is 0 Å². The highest BCUT2D eigenvalue weighted by Gasteiger charge is 2.34. The molecule has 6 nitrogen and oxygen atoms in total. The van der Waals surface area contributed by atoms with Crippen LogP contribution in [0.2, 0.25) is 0 Å². The van der Waals surface area contributed by atoms with Gasteiger partial charge in [0.1, 0.15) is 51.3 Å². The molecule has 1 saturated heterocycles. The number of H-pyrrole nitrogens is 1. The van der Waals surface area contributed by atoms with Gasteiger partial charge in [0.25, 0.3) is 0 Å². The van der Waals surface area contributed by atoms with Gasteiger partial charge >= 0.3 is 5.69 Å². The Kier molecular flexibility index (Phi) is 4.58. The Morgan fingerprint density at radius 2 is 1.64 bits per heavy atom. The Hall–Kier alpha value is -2.70. The summed E-state index contributed by atoms with van der Waals surface area (Å²) in [5.41, 5.74) is 2.31. The Balaban J connectivity index is 1.21. The molecular formula is C22H28N5O+3. The van der Waals surface area contributed by atoms with Crippen LogP contribution in [0.1, 0.15) is 5.56 Å². The molecule has 28 heavy (non-hydrogen) atoms. The molecule has 0 bridgehead atoms. The predicted octanol–water partition coefficient (Wildman–Crippen LogP) is -1.41. The van der Waals surface area contributed by atoms with E-state index in [1.165, 1.54) is 31.7 Å². The molecule has 1 aromatic heterocycles. The summed E-state index contributed by atoms with van der Waals surface area (Å²) in [6.07, 6.45) is 0. The molecular weight excluding hydrogens is 350 g/mol. The molecule has 3 heterocycles. The largest absolute Gasteiger partial charge is 0.441 e. The van der Waals surface area contributed by atoms with Gasteiger partial charge in [0.05, 0.1) is 5.39 Å². The summed E-state index contributed by atoms with van der Waals surface area (Å²) in [6, 6.07) is 19.1. The summed E-state index contributed by atoms with van der Waals surface area (Å²) in [5, 5.41) is 4.73. The number of quaternary nitrogens is 2. The maximum absolute atomic E-state index is 12.4. The van der Waals surface area contributed by atoms with Gasteiger partial charge in [0.2, 0.25) is 5.82 Å². The van der Waals surface area contributed by atoms with E-state index in [2.05, 4.69) is 46.7 Å². The molecule has 5 rings (SSSR count). The van der Waals surface area contributed by atoms with Crippen LogP contribution in [0.15, 0.2) is 59.4 Å². The number of aromatic amines is 1. The van der Waals surface area contributed by atoms with E-state index in [1.54, 1.807) is 9.80 Å². The van der Waals surface area contributed by atoms with Gasteiger partial charge in [-0.2, -0.15) is 4.57 Å². The summed E-state index contributed by atoms with van der Waals surface area (Å²) in [7, 11) is 0. The van der Waals surface area contributed by atoms with E-state index in [0.717, 1.165) is 36.4 Å². The number of anilines is 1. The first-order valence-corrected chi connectivity index (χ1v) is 10.3. The fraction of sp³-hybridized carbons (Fsp3) is 0.364. The minimum absolute atomic E-state index is 0.0178. The summed E-state index contributed by atoms with van der Waals surface area (Å²) < 4.78 is 1.86. The second-order valence-corrected chi connectivity index (χ2v) is 8.14. The first-order chi connectivity index (χ1) is 13.8. The number of piperazine rings is 1. The predicted molar refractivity (Wildman–Crippen MR) is 109 cm³/mol. The lowest BCUT2D eigenvalue weighted by Gasteiger charge is -2.30. The molecule has 0 radical (unpaired) electrons. The van der Waals surface area contributed by atoms with E-state index >= 15 is 0 Å². The van der Waals surface area contributed by atoms with Crippen molar-refractivity contribution >= 4 is 16.7 Å². The number of nitrogens with zero attached hydrogens (tertiary/aromatic N) is 1. The van der Waals surface area contributed by atoms with Crippen LogP contribution < -0.4 is 25.4 Å². The Labute approximate surface area is 164 Å². The van der Waals surface area contributed by atoms with Gasteiger partial charge in [-0.05, 0) is 12.1 Å². The Bertz CT molecular complexity index is 1020. The van der Waals surface area contributed by atoms with Crippen molar-refractivity contribution in [3.63, 3.8) is 0 Å². The molecule has 0 amide bonds. The van der Waals surface area contributed by atoms with Gasteiger partial charge in [-0.1, -0.05) is 42.5 Å². The van der Waals surface area contributed by atoms with Crippen LogP contribution >= 0.6 is 0 Å². The van der Waals surface area contributed by atoms with Gasteiger partial charge in [0.15, 0.2) is 6.04 Å². The molecule has 2 aromatic carbocycles. The van der Waals surface area contributed by atoms with Crippen LogP contribution in [-0.2, 0) is 13.1 Å². The number of hydrogen-bond donors (Lipinski definition) is 4. The van der Waals surface area contributed by atoms with E-state index in [4.69, 9.17) is 0 Å². The maximum Gasteiger partial charge on any atom is 0.441 e. The van der Waals surface area contributed by atoms with Crippen LogP contribution in [0, 0.1) is 0 Å². The van der Waals surface area contributed by atoms with Crippen molar-refractivity contribution in [1.29, 1.82) is 0 Å². The number of fused-ring (bicyclic) bond motifs is 3. The van der Waals surface area contributed by atoms with Crippen LogP contribution in [-0.4, -0.2) is 43.7 Å². The average Bonchev–Trinajstić information content (AvgIpc) is 3.15. The summed E-state index contributed by atoms with van der Waals surface area (Å²) in [4.78, 5) is 18.8. The van der Waals surface area contributed by atoms with Crippen molar-refractivity contribution in [2.75, 3.05) is 38.0 Å². The van der Waals surface area contributed by atoms with E-state index in [1.807, 2.05) is 22.8 Å². The highest BCUT2D eigenvalue weighted by molar-refractivity contribution is 5.87. The fourth-order valence-electron chi connectivity index (χ4n) is 4.70. The van der Waals surface area contributed by atoms with E-state index < -0.39 is 0 Å². The van der Waals surface area contributed by atoms with Crippen molar-refractivity contribution in [3.05, 3.63) is 70.6 Å². The smallest absolute Gasteiger partial charge is 0.323 e. The zero-order valence-corrected chi connectivity index (χ0v) is 16.1. The molecule has 6 heteroatoms. The third kappa shape index (κ3) is 3.41. The zero-order chi connectivity index (χ0) is 18.9. The molecule has 4 N–H and O–H groups in total. The molecule has 0 spiro atoms. The first-order valence-electron chi connectivity index (χ1n) is 10.3. The third-order valence-electron chi connectivity index (χ3n) is 6.18. The summed E-state index contributed by atoms with van der Waals surface area (Å²) in [5.74, 6) is 0.970. The van der Waals surface area contributed by atoms with Crippen molar-refractivity contribution in [2.45, 2.75) is 19.1 Å². The second-order valence-electron chi connectivity index (χ2n) is 8.14. The number of rotatable bonds is 4. The number of hydrogen-bond acceptors (Lipinski definition) is 2. The van der Waals surface area contributed by atoms with Gasteiger partial charge in [0, 0.05) is 5.56 Å². The Morgan fingerprint density at radius 1 is 0.929 bits per heavy atom. The molecule has 144 valence electrons. The molecule has 2 aliphatic rings. The van der Waals surface area contributed by atoms with Gasteiger partial charge in [-0.15, -0.1) is 0 Å². The first kappa shape index (κ1) is 17.4. The van der Waals surface area contributed by atoms with E-state index in [9.17, 15) is 4.79 Å². The van der Waals surface area contributed by atoms with Gasteiger partial charge in [-0.3, -0.25) is 5.32 Å². The third-order valence-corrected chi connectivity index (χ3v) is 6.18. The Morgan fingerprint density at radius 3 is 2.46 bits per heavy atom. The topological polar surface area (TPSA) is 57.6 Å². The number of benzene rings is 2. The van der Waals surface area contributed by atoms with Gasteiger partial charge in [-0.25, -0.2) is 9.78 Å². The van der Waals surface area contributed by atoms with E-state index in [-0.39, 0.29) is 5.69 Å². The standard InChI is InChI=1S/C22H25N5O/c28-22-24-20-9-5-4-8-19(20)21-23-18(16-27(21)22)15-26-12-10-25(11-13-26)14-17-6-2-1-3-7-17/h1-9,18H,10-16H2,(H,23,24,28)/p+3/t18-/m0/s1. The normalized spacial score (nSPS) is 24.1. The number of nitrogens with one attached hydrogen (secondary N) is 4. The monoisotopic (exact) mass is 378 g/mol. The molecule has 0 aliphatic carbocycles. The van der Waals surface area contributed by atoms with Crippen LogP contribution in [0.4, 0.5) is 5.82 Å². The van der Waals surface area contributed by atoms with Crippen LogP contribution in [0.3, 0.4) is 0 Å². The molecule has 1 atom stereocenters. The van der Waals surface area contributed by atoms with Crippen molar-refractivity contribution in [3.8, 4) is 0 Å². The quantitative estimate of drug-likeness (QED) is 0.422. The number of para-hydroxylation sites is 1. The summed E-state index contributed by atoms with van der Waals surface area (Å²) >= 11 is 0. The number of aromatic nitrogens is 2. The van der Waals surface area contributed by atoms with Crippen LogP contribution in [0.25, 0.3) is 10.9 Å². The lowest BCUT2D eigenvalue weighted by molar-refractivity contribution is -1.02. The van der Waals surface area contributed by atoms with Gasteiger partial charge < -0.3 is 9.80 Å². The molecule has 2 aliphatic heterocycles. The minimum atomic E-state index is -0.0178. The van der Waals surface area contributed by atoms with E-state index in [0.29, 0.717) is 6.04 Å². The van der Waals surface area contributed by atoms with Crippen LogP contribution in [0.5, 0.6) is 0 Å². The molecule has 3 aromatic rings. The highest BCUT2D eigenvalue weighted by Crippen LogP contribution is 2.19. The fourth-order valence-corrected chi connectivity index (χ4v) is 4.70. The molecule has 0 saturated carbocycles. The average molecular weight is 379 g/mol. The maximum atomic E-state index is 12.4. The molecule has 0 unspecified atom stereocenters. The van der Waals surface area contributed by atoms with Crippen molar-refractivity contribution < 1.29 is 14.4 Å².